The van der Waals surface area contributed by atoms with Gasteiger partial charge in [-0.3, -0.25) is 4.79 Å². The van der Waals surface area contributed by atoms with Gasteiger partial charge in [0, 0.05) is 18.2 Å². The van der Waals surface area contributed by atoms with Crippen molar-refractivity contribution in [1.29, 1.82) is 0 Å². The minimum absolute atomic E-state index is 0.0332. The number of fused-ring (bicyclic) bond motifs is 2. The Morgan fingerprint density at radius 1 is 1.24 bits per heavy atom. The van der Waals surface area contributed by atoms with Crippen molar-refractivity contribution < 1.29 is 22.4 Å². The molecule has 1 amide bonds. The summed E-state index contributed by atoms with van der Waals surface area (Å²) in [6, 6.07) is 3.66. The molecule has 0 saturated carbocycles. The van der Waals surface area contributed by atoms with Gasteiger partial charge >= 0.3 is 6.18 Å². The van der Waals surface area contributed by atoms with E-state index in [4.69, 9.17) is 5.73 Å². The number of nitrogens with one attached hydrogen (secondary N) is 1. The number of anilines is 2. The third-order valence-electron chi connectivity index (χ3n) is 4.90. The standard InChI is InChI=1S/C18H16F4N6O/c1-17(2)12-13(23)24-16(26-14(12)25-15(17)29)28-11-4-3-8(19)7-9(11)10(27-28)5-6-18(20,21)22/h3-4,7H,5-6H2,1-2H3,(H3,23,24,25,26,29). The van der Waals surface area contributed by atoms with E-state index in [1.807, 2.05) is 0 Å². The van der Waals surface area contributed by atoms with Gasteiger partial charge in [-0.25, -0.2) is 4.39 Å². The molecule has 7 nitrogen and oxygen atoms in total. The predicted molar refractivity (Wildman–Crippen MR) is 97.1 cm³/mol. The first-order valence-corrected chi connectivity index (χ1v) is 8.71. The molecule has 0 aliphatic carbocycles. The highest BCUT2D eigenvalue weighted by Crippen LogP contribution is 2.39. The number of aryl methyl sites for hydroxylation is 1. The van der Waals surface area contributed by atoms with E-state index in [2.05, 4.69) is 20.4 Å². The van der Waals surface area contributed by atoms with E-state index in [9.17, 15) is 22.4 Å². The molecule has 2 aromatic heterocycles. The third kappa shape index (κ3) is 3.15. The van der Waals surface area contributed by atoms with E-state index in [0.717, 1.165) is 12.1 Å². The number of nitrogens with two attached hydrogens (primary N) is 1. The number of carbonyl (C=O) groups excluding carboxylic acids is 1. The molecule has 0 fully saturated rings. The Morgan fingerprint density at radius 3 is 2.66 bits per heavy atom. The van der Waals surface area contributed by atoms with Gasteiger partial charge in [-0.05, 0) is 32.0 Å². The third-order valence-corrected chi connectivity index (χ3v) is 4.90. The number of nitrogens with zero attached hydrogens (tertiary/aromatic N) is 4. The molecule has 0 atom stereocenters. The topological polar surface area (TPSA) is 98.7 Å². The van der Waals surface area contributed by atoms with Crippen molar-refractivity contribution in [3.8, 4) is 5.95 Å². The summed E-state index contributed by atoms with van der Waals surface area (Å²) in [7, 11) is 0. The van der Waals surface area contributed by atoms with Crippen LogP contribution in [0.4, 0.5) is 29.2 Å². The number of hydrogen-bond acceptors (Lipinski definition) is 5. The zero-order chi connectivity index (χ0) is 21.1. The van der Waals surface area contributed by atoms with Gasteiger partial charge in [0.25, 0.3) is 5.95 Å². The van der Waals surface area contributed by atoms with Crippen LogP contribution in [0.2, 0.25) is 0 Å². The van der Waals surface area contributed by atoms with Crippen LogP contribution in [0.25, 0.3) is 16.9 Å². The molecule has 3 heterocycles. The molecule has 0 saturated heterocycles. The van der Waals surface area contributed by atoms with E-state index in [-0.39, 0.29) is 34.6 Å². The maximum absolute atomic E-state index is 13.7. The largest absolute Gasteiger partial charge is 0.389 e. The molecular formula is C18H16F4N6O. The molecule has 1 aliphatic rings. The fourth-order valence-corrected chi connectivity index (χ4v) is 3.39. The SMILES string of the molecule is CC1(C)C(=O)Nc2nc(-n3nc(CCC(F)(F)F)c4cc(F)ccc43)nc(N)c21. The number of rotatable bonds is 3. The highest BCUT2D eigenvalue weighted by atomic mass is 19.4. The van der Waals surface area contributed by atoms with E-state index in [1.54, 1.807) is 13.8 Å². The van der Waals surface area contributed by atoms with Crippen LogP contribution in [0.1, 0.15) is 31.5 Å². The smallest absolute Gasteiger partial charge is 0.383 e. The maximum Gasteiger partial charge on any atom is 0.389 e. The highest BCUT2D eigenvalue weighted by Gasteiger charge is 2.42. The normalized spacial score (nSPS) is 15.6. The number of amides is 1. The molecule has 0 unspecified atom stereocenters. The Balaban J connectivity index is 1.86. The van der Waals surface area contributed by atoms with Crippen molar-refractivity contribution in [2.45, 2.75) is 38.3 Å². The number of benzene rings is 1. The molecule has 152 valence electrons. The molecule has 0 radical (unpaired) electrons. The molecule has 4 rings (SSSR count). The van der Waals surface area contributed by atoms with Crippen molar-refractivity contribution in [3.63, 3.8) is 0 Å². The molecule has 1 aliphatic heterocycles. The van der Waals surface area contributed by atoms with E-state index < -0.39 is 30.3 Å². The average Bonchev–Trinajstić information content (AvgIpc) is 3.07. The van der Waals surface area contributed by atoms with Crippen LogP contribution in [0.15, 0.2) is 18.2 Å². The average molecular weight is 408 g/mol. The van der Waals surface area contributed by atoms with Crippen molar-refractivity contribution in [3.05, 3.63) is 35.3 Å². The molecule has 1 aromatic carbocycles. The summed E-state index contributed by atoms with van der Waals surface area (Å²) in [5.74, 6) is -0.673. The second kappa shape index (κ2) is 6.13. The Bertz CT molecular complexity index is 1150. The van der Waals surface area contributed by atoms with Crippen LogP contribution in [-0.4, -0.2) is 31.8 Å². The molecule has 3 aromatic rings. The van der Waals surface area contributed by atoms with Crippen LogP contribution < -0.4 is 11.1 Å². The van der Waals surface area contributed by atoms with Gasteiger partial charge < -0.3 is 11.1 Å². The lowest BCUT2D eigenvalue weighted by molar-refractivity contribution is -0.134. The van der Waals surface area contributed by atoms with Crippen LogP contribution in [0, 0.1) is 5.82 Å². The van der Waals surface area contributed by atoms with Gasteiger partial charge in [0.05, 0.1) is 22.2 Å². The Morgan fingerprint density at radius 2 is 1.97 bits per heavy atom. The first-order chi connectivity index (χ1) is 13.5. The molecule has 0 spiro atoms. The second-order valence-corrected chi connectivity index (χ2v) is 7.35. The fraction of sp³-hybridized carbons (Fsp3) is 0.333. The molecule has 29 heavy (non-hydrogen) atoms. The maximum atomic E-state index is 13.7. The minimum Gasteiger partial charge on any atom is -0.383 e. The van der Waals surface area contributed by atoms with Crippen molar-refractivity contribution >= 4 is 28.4 Å². The van der Waals surface area contributed by atoms with Crippen molar-refractivity contribution in [2.75, 3.05) is 11.1 Å². The summed E-state index contributed by atoms with van der Waals surface area (Å²) in [4.78, 5) is 20.7. The highest BCUT2D eigenvalue weighted by molar-refractivity contribution is 6.06. The van der Waals surface area contributed by atoms with Gasteiger partial charge in [0.1, 0.15) is 17.5 Å². The van der Waals surface area contributed by atoms with Gasteiger partial charge in [-0.1, -0.05) is 0 Å². The monoisotopic (exact) mass is 408 g/mol. The number of nitrogen functional groups attached to an aromatic ring is 1. The summed E-state index contributed by atoms with van der Waals surface area (Å²) in [5.41, 5.74) is 5.94. The zero-order valence-corrected chi connectivity index (χ0v) is 15.4. The molecular weight excluding hydrogens is 392 g/mol. The van der Waals surface area contributed by atoms with Gasteiger partial charge in [0.2, 0.25) is 5.91 Å². The quantitative estimate of drug-likeness (QED) is 0.648. The summed E-state index contributed by atoms with van der Waals surface area (Å²) in [5, 5.41) is 7.03. The molecule has 0 bridgehead atoms. The van der Waals surface area contributed by atoms with Gasteiger partial charge in [-0.2, -0.15) is 32.9 Å². The lowest BCUT2D eigenvalue weighted by Crippen LogP contribution is -2.27. The van der Waals surface area contributed by atoms with Gasteiger partial charge in [0.15, 0.2) is 0 Å². The summed E-state index contributed by atoms with van der Waals surface area (Å²) >= 11 is 0. The van der Waals surface area contributed by atoms with Crippen molar-refractivity contribution in [2.24, 2.45) is 0 Å². The van der Waals surface area contributed by atoms with Crippen LogP contribution >= 0.6 is 0 Å². The summed E-state index contributed by atoms with van der Waals surface area (Å²) in [6.07, 6.45) is -5.92. The fourth-order valence-electron chi connectivity index (χ4n) is 3.39. The zero-order valence-electron chi connectivity index (χ0n) is 15.4. The van der Waals surface area contributed by atoms with Crippen LogP contribution in [0.3, 0.4) is 0 Å². The van der Waals surface area contributed by atoms with E-state index >= 15 is 0 Å². The van der Waals surface area contributed by atoms with E-state index in [1.165, 1.54) is 10.7 Å². The number of aromatic nitrogens is 4. The first kappa shape index (κ1) is 19.1. The Hall–Kier alpha value is -3.24. The molecule has 3 N–H and O–H groups in total. The number of alkyl halides is 3. The van der Waals surface area contributed by atoms with Crippen LogP contribution in [0.5, 0.6) is 0 Å². The molecule has 11 heteroatoms. The Labute approximate surface area is 161 Å². The lowest BCUT2D eigenvalue weighted by atomic mass is 9.87. The summed E-state index contributed by atoms with van der Waals surface area (Å²) in [6.45, 7) is 3.35. The van der Waals surface area contributed by atoms with Crippen LogP contribution in [-0.2, 0) is 16.6 Å². The van der Waals surface area contributed by atoms with E-state index in [0.29, 0.717) is 11.1 Å². The van der Waals surface area contributed by atoms with Gasteiger partial charge in [-0.15, -0.1) is 0 Å². The predicted octanol–water partition coefficient (Wildman–Crippen LogP) is 3.26. The lowest BCUT2D eigenvalue weighted by Gasteiger charge is -2.16. The minimum atomic E-state index is -4.38. The summed E-state index contributed by atoms with van der Waals surface area (Å²) < 4.78 is 52.9. The number of hydrogen-bond donors (Lipinski definition) is 2. The Kier molecular flexibility index (Phi) is 4.03. The second-order valence-electron chi connectivity index (χ2n) is 7.35. The number of carbonyl (C=O) groups is 1. The number of halogens is 4. The first-order valence-electron chi connectivity index (χ1n) is 8.71. The van der Waals surface area contributed by atoms with Crippen molar-refractivity contribution in [1.82, 2.24) is 19.7 Å².